The normalized spacial score (nSPS) is 10.1. The Morgan fingerprint density at radius 1 is 1.19 bits per heavy atom. The van der Waals surface area contributed by atoms with Gasteiger partial charge >= 0.3 is 0 Å². The molecule has 0 spiro atoms. The molecule has 1 aromatic heterocycles. The third-order valence-electron chi connectivity index (χ3n) is 2.52. The standard InChI is InChI=1S/C13H15N3/c1-3-10-9-15-13(14-2)16-12(10)11-7-5-4-6-8-11/h4-9H,3H2,1-2H3,(H,14,15,16). The largest absolute Gasteiger partial charge is 0.357 e. The van der Waals surface area contributed by atoms with Gasteiger partial charge in [0.25, 0.3) is 0 Å². The SMILES string of the molecule is CCc1cnc(NC)nc1-c1ccccc1. The summed E-state index contributed by atoms with van der Waals surface area (Å²) in [7, 11) is 1.83. The number of aromatic nitrogens is 2. The van der Waals surface area contributed by atoms with Crippen molar-refractivity contribution in [2.45, 2.75) is 13.3 Å². The van der Waals surface area contributed by atoms with E-state index in [1.807, 2.05) is 31.4 Å². The lowest BCUT2D eigenvalue weighted by Gasteiger charge is -2.08. The smallest absolute Gasteiger partial charge is 0.222 e. The van der Waals surface area contributed by atoms with Crippen LogP contribution in [0.2, 0.25) is 0 Å². The fraction of sp³-hybridized carbons (Fsp3) is 0.231. The van der Waals surface area contributed by atoms with Crippen molar-refractivity contribution in [2.24, 2.45) is 0 Å². The third-order valence-corrected chi connectivity index (χ3v) is 2.52. The van der Waals surface area contributed by atoms with E-state index in [0.29, 0.717) is 5.95 Å². The van der Waals surface area contributed by atoms with Crippen molar-refractivity contribution in [3.05, 3.63) is 42.1 Å². The predicted molar refractivity (Wildman–Crippen MR) is 66.4 cm³/mol. The molecule has 0 radical (unpaired) electrons. The highest BCUT2D eigenvalue weighted by Crippen LogP contribution is 2.22. The molecule has 3 heteroatoms. The first-order valence-electron chi connectivity index (χ1n) is 5.44. The van der Waals surface area contributed by atoms with Gasteiger partial charge in [-0.3, -0.25) is 0 Å². The van der Waals surface area contributed by atoms with Gasteiger partial charge < -0.3 is 5.32 Å². The van der Waals surface area contributed by atoms with Gasteiger partial charge in [-0.15, -0.1) is 0 Å². The first-order chi connectivity index (χ1) is 7.85. The minimum atomic E-state index is 0.663. The first-order valence-corrected chi connectivity index (χ1v) is 5.44. The Hall–Kier alpha value is -1.90. The molecule has 2 aromatic rings. The molecule has 0 fully saturated rings. The number of hydrogen-bond donors (Lipinski definition) is 1. The molecular formula is C13H15N3. The number of rotatable bonds is 3. The van der Waals surface area contributed by atoms with E-state index in [9.17, 15) is 0 Å². The molecular weight excluding hydrogens is 198 g/mol. The van der Waals surface area contributed by atoms with Crippen molar-refractivity contribution in [3.63, 3.8) is 0 Å². The van der Waals surface area contributed by atoms with Crippen LogP contribution in [0.15, 0.2) is 36.5 Å². The van der Waals surface area contributed by atoms with E-state index in [4.69, 9.17) is 0 Å². The Morgan fingerprint density at radius 2 is 1.94 bits per heavy atom. The fourth-order valence-corrected chi connectivity index (χ4v) is 1.63. The van der Waals surface area contributed by atoms with E-state index in [0.717, 1.165) is 17.7 Å². The Kier molecular flexibility index (Phi) is 3.15. The van der Waals surface area contributed by atoms with Crippen molar-refractivity contribution in [3.8, 4) is 11.3 Å². The van der Waals surface area contributed by atoms with Crippen molar-refractivity contribution in [1.29, 1.82) is 0 Å². The zero-order valence-electron chi connectivity index (χ0n) is 9.57. The van der Waals surface area contributed by atoms with Gasteiger partial charge in [-0.25, -0.2) is 9.97 Å². The summed E-state index contributed by atoms with van der Waals surface area (Å²) in [5.74, 6) is 0.663. The van der Waals surface area contributed by atoms with Crippen LogP contribution >= 0.6 is 0 Å². The molecule has 0 bridgehead atoms. The molecule has 0 aliphatic carbocycles. The molecule has 82 valence electrons. The van der Waals surface area contributed by atoms with E-state index in [1.165, 1.54) is 5.56 Å². The van der Waals surface area contributed by atoms with E-state index in [1.54, 1.807) is 0 Å². The first kappa shape index (κ1) is 10.6. The van der Waals surface area contributed by atoms with Gasteiger partial charge in [-0.2, -0.15) is 0 Å². The van der Waals surface area contributed by atoms with Crippen LogP contribution in [0.25, 0.3) is 11.3 Å². The van der Waals surface area contributed by atoms with E-state index in [2.05, 4.69) is 34.3 Å². The van der Waals surface area contributed by atoms with Crippen LogP contribution in [0.3, 0.4) is 0 Å². The predicted octanol–water partition coefficient (Wildman–Crippen LogP) is 2.75. The van der Waals surface area contributed by atoms with E-state index >= 15 is 0 Å². The number of nitrogens with one attached hydrogen (secondary N) is 1. The average Bonchev–Trinajstić information content (AvgIpc) is 2.39. The molecule has 1 N–H and O–H groups in total. The maximum atomic E-state index is 4.51. The molecule has 0 aliphatic rings. The number of anilines is 1. The second kappa shape index (κ2) is 4.75. The summed E-state index contributed by atoms with van der Waals surface area (Å²) in [6.45, 7) is 2.12. The lowest BCUT2D eigenvalue weighted by molar-refractivity contribution is 1.05. The highest BCUT2D eigenvalue weighted by Gasteiger charge is 2.06. The number of nitrogens with zero attached hydrogens (tertiary/aromatic N) is 2. The van der Waals surface area contributed by atoms with Gasteiger partial charge in [-0.1, -0.05) is 37.3 Å². The van der Waals surface area contributed by atoms with Crippen LogP contribution in [-0.2, 0) is 6.42 Å². The Labute approximate surface area is 95.6 Å². The van der Waals surface area contributed by atoms with E-state index < -0.39 is 0 Å². The van der Waals surface area contributed by atoms with Crippen molar-refractivity contribution in [1.82, 2.24) is 9.97 Å². The number of hydrogen-bond acceptors (Lipinski definition) is 3. The van der Waals surface area contributed by atoms with Crippen LogP contribution in [0.5, 0.6) is 0 Å². The number of benzene rings is 1. The molecule has 1 heterocycles. The van der Waals surface area contributed by atoms with Gasteiger partial charge in [-0.05, 0) is 12.0 Å². The third kappa shape index (κ3) is 2.03. The molecule has 0 amide bonds. The van der Waals surface area contributed by atoms with Gasteiger partial charge in [0.1, 0.15) is 0 Å². The van der Waals surface area contributed by atoms with Crippen LogP contribution in [0.4, 0.5) is 5.95 Å². The maximum Gasteiger partial charge on any atom is 0.222 e. The molecule has 16 heavy (non-hydrogen) atoms. The maximum absolute atomic E-state index is 4.51. The Balaban J connectivity index is 2.53. The van der Waals surface area contributed by atoms with Crippen molar-refractivity contribution in [2.75, 3.05) is 12.4 Å². The Morgan fingerprint density at radius 3 is 2.56 bits per heavy atom. The number of aryl methyl sites for hydroxylation is 1. The lowest BCUT2D eigenvalue weighted by atomic mass is 10.1. The summed E-state index contributed by atoms with van der Waals surface area (Å²) < 4.78 is 0. The summed E-state index contributed by atoms with van der Waals surface area (Å²) in [6.07, 6.45) is 2.83. The molecule has 0 atom stereocenters. The molecule has 2 rings (SSSR count). The topological polar surface area (TPSA) is 37.8 Å². The van der Waals surface area contributed by atoms with Crippen molar-refractivity contribution >= 4 is 5.95 Å². The summed E-state index contributed by atoms with van der Waals surface area (Å²) in [6, 6.07) is 10.2. The Bertz CT molecular complexity index is 466. The second-order valence-electron chi connectivity index (χ2n) is 3.54. The summed E-state index contributed by atoms with van der Waals surface area (Å²) in [5, 5.41) is 2.97. The van der Waals surface area contributed by atoms with Gasteiger partial charge in [0.15, 0.2) is 0 Å². The van der Waals surface area contributed by atoms with Crippen molar-refractivity contribution < 1.29 is 0 Å². The van der Waals surface area contributed by atoms with Crippen LogP contribution in [0.1, 0.15) is 12.5 Å². The highest BCUT2D eigenvalue weighted by molar-refractivity contribution is 5.63. The van der Waals surface area contributed by atoms with E-state index in [-0.39, 0.29) is 0 Å². The zero-order valence-corrected chi connectivity index (χ0v) is 9.57. The monoisotopic (exact) mass is 213 g/mol. The molecule has 0 unspecified atom stereocenters. The fourth-order valence-electron chi connectivity index (χ4n) is 1.63. The average molecular weight is 213 g/mol. The molecule has 0 saturated heterocycles. The second-order valence-corrected chi connectivity index (χ2v) is 3.54. The van der Waals surface area contributed by atoms with Gasteiger partial charge in [0, 0.05) is 18.8 Å². The van der Waals surface area contributed by atoms with Gasteiger partial charge in [0.2, 0.25) is 5.95 Å². The summed E-state index contributed by atoms with van der Waals surface area (Å²) >= 11 is 0. The summed E-state index contributed by atoms with van der Waals surface area (Å²) in [4.78, 5) is 8.74. The molecule has 0 saturated carbocycles. The molecule has 3 nitrogen and oxygen atoms in total. The van der Waals surface area contributed by atoms with Crippen LogP contribution < -0.4 is 5.32 Å². The zero-order chi connectivity index (χ0) is 11.4. The van der Waals surface area contributed by atoms with Gasteiger partial charge in [0.05, 0.1) is 5.69 Å². The highest BCUT2D eigenvalue weighted by atomic mass is 15.1. The minimum absolute atomic E-state index is 0.663. The summed E-state index contributed by atoms with van der Waals surface area (Å²) in [5.41, 5.74) is 3.32. The minimum Gasteiger partial charge on any atom is -0.357 e. The quantitative estimate of drug-likeness (QED) is 0.851. The van der Waals surface area contributed by atoms with Crippen LogP contribution in [-0.4, -0.2) is 17.0 Å². The molecule has 1 aromatic carbocycles. The van der Waals surface area contributed by atoms with Crippen LogP contribution in [0, 0.1) is 0 Å². The molecule has 0 aliphatic heterocycles. The lowest BCUT2D eigenvalue weighted by Crippen LogP contribution is -2.00.